The number of aromatic nitrogens is 1. The third kappa shape index (κ3) is 4.77. The lowest BCUT2D eigenvalue weighted by Gasteiger charge is -2.34. The van der Waals surface area contributed by atoms with Gasteiger partial charge in [0.05, 0.1) is 12.2 Å². The quantitative estimate of drug-likeness (QED) is 0.928. The number of nitrogens with zero attached hydrogens (tertiary/aromatic N) is 1. The number of likely N-dealkylation sites (tertiary alicyclic amines) is 1. The number of nitrogens with one attached hydrogen (secondary N) is 1. The highest BCUT2D eigenvalue weighted by Crippen LogP contribution is 2.23. The van der Waals surface area contributed by atoms with Crippen LogP contribution in [0.1, 0.15) is 52.3 Å². The molecule has 118 valence electrons. The number of rotatable bonds is 3. The van der Waals surface area contributed by atoms with Crippen molar-refractivity contribution in [2.45, 2.75) is 58.3 Å². The van der Waals surface area contributed by atoms with E-state index in [1.54, 1.807) is 4.90 Å². The Bertz CT molecular complexity index is 443. The van der Waals surface area contributed by atoms with Gasteiger partial charge in [0.2, 0.25) is 0 Å². The summed E-state index contributed by atoms with van der Waals surface area (Å²) in [7, 11) is 0. The van der Waals surface area contributed by atoms with Crippen molar-refractivity contribution in [3.63, 3.8) is 0 Å². The molecule has 0 aromatic carbocycles. The molecule has 1 amide bonds. The van der Waals surface area contributed by atoms with Gasteiger partial charge in [-0.1, -0.05) is 0 Å². The van der Waals surface area contributed by atoms with Gasteiger partial charge in [0, 0.05) is 25.0 Å². The Morgan fingerprint density at radius 1 is 1.38 bits per heavy atom. The highest BCUT2D eigenvalue weighted by atomic mass is 16.6. The Hall–Kier alpha value is -1.49. The van der Waals surface area contributed by atoms with E-state index in [-0.39, 0.29) is 18.3 Å². The van der Waals surface area contributed by atoms with Crippen LogP contribution in [0, 0.1) is 0 Å². The molecule has 2 rings (SSSR count). The minimum atomic E-state index is -0.438. The molecular formula is C16H26N2O3. The van der Waals surface area contributed by atoms with E-state index in [0.717, 1.165) is 18.5 Å². The van der Waals surface area contributed by atoms with E-state index >= 15 is 0 Å². The van der Waals surface area contributed by atoms with Gasteiger partial charge in [-0.15, -0.1) is 0 Å². The number of carbonyl (C=O) groups excluding carboxylic acids is 1. The predicted molar refractivity (Wildman–Crippen MR) is 81.1 cm³/mol. The minimum absolute atomic E-state index is 0.0538. The smallest absolute Gasteiger partial charge is 0.410 e. The fraction of sp³-hybridized carbons (Fsp3) is 0.688. The lowest BCUT2D eigenvalue weighted by molar-refractivity contribution is -0.0422. The van der Waals surface area contributed by atoms with Crippen molar-refractivity contribution < 1.29 is 14.3 Å². The van der Waals surface area contributed by atoms with Crippen molar-refractivity contribution in [1.82, 2.24) is 9.88 Å². The van der Waals surface area contributed by atoms with Crippen molar-refractivity contribution in [1.29, 1.82) is 0 Å². The van der Waals surface area contributed by atoms with Crippen LogP contribution in [-0.4, -0.2) is 40.8 Å². The average molecular weight is 294 g/mol. The monoisotopic (exact) mass is 294 g/mol. The molecule has 21 heavy (non-hydrogen) atoms. The fourth-order valence-electron chi connectivity index (χ4n) is 2.46. The van der Waals surface area contributed by atoms with Crippen molar-refractivity contribution in [3.05, 3.63) is 24.0 Å². The summed E-state index contributed by atoms with van der Waals surface area (Å²) in [5, 5.41) is 0. The zero-order valence-corrected chi connectivity index (χ0v) is 13.4. The van der Waals surface area contributed by atoms with Crippen molar-refractivity contribution in [3.8, 4) is 0 Å². The number of piperidine rings is 1. The zero-order chi connectivity index (χ0) is 15.5. The Morgan fingerprint density at radius 2 is 2.05 bits per heavy atom. The molecule has 5 nitrogen and oxygen atoms in total. The van der Waals surface area contributed by atoms with Gasteiger partial charge in [-0.25, -0.2) is 4.79 Å². The first kappa shape index (κ1) is 15.9. The van der Waals surface area contributed by atoms with E-state index < -0.39 is 5.60 Å². The van der Waals surface area contributed by atoms with E-state index in [0.29, 0.717) is 13.1 Å². The Labute approximate surface area is 126 Å². The van der Waals surface area contributed by atoms with Crippen LogP contribution in [0.4, 0.5) is 4.79 Å². The van der Waals surface area contributed by atoms with Crippen LogP contribution in [-0.2, 0) is 9.47 Å². The second-order valence-corrected chi connectivity index (χ2v) is 6.57. The third-order valence-electron chi connectivity index (χ3n) is 3.55. The summed E-state index contributed by atoms with van der Waals surface area (Å²) in [6.07, 6.45) is 3.63. The Balaban J connectivity index is 1.77. The molecule has 1 atom stereocenters. The summed E-state index contributed by atoms with van der Waals surface area (Å²) in [5.74, 6) is 0. The normalized spacial score (nSPS) is 18.6. The van der Waals surface area contributed by atoms with Crippen molar-refractivity contribution in [2.75, 3.05) is 13.1 Å². The molecule has 5 heteroatoms. The summed E-state index contributed by atoms with van der Waals surface area (Å²) in [6, 6.07) is 4.00. The van der Waals surface area contributed by atoms with Crippen LogP contribution < -0.4 is 0 Å². The van der Waals surface area contributed by atoms with Crippen molar-refractivity contribution in [2.24, 2.45) is 0 Å². The van der Waals surface area contributed by atoms with E-state index in [1.807, 2.05) is 46.0 Å². The highest BCUT2D eigenvalue weighted by molar-refractivity contribution is 5.68. The largest absolute Gasteiger partial charge is 0.444 e. The molecule has 0 spiro atoms. The number of amides is 1. The van der Waals surface area contributed by atoms with Gasteiger partial charge in [0.15, 0.2) is 0 Å². The van der Waals surface area contributed by atoms with Gasteiger partial charge in [-0.05, 0) is 52.7 Å². The number of carbonyl (C=O) groups is 1. The first-order valence-electron chi connectivity index (χ1n) is 7.62. The highest BCUT2D eigenvalue weighted by Gasteiger charge is 2.28. The molecule has 1 saturated heterocycles. The molecule has 1 aliphatic rings. The zero-order valence-electron chi connectivity index (χ0n) is 13.4. The number of hydrogen-bond acceptors (Lipinski definition) is 3. The summed E-state index contributed by atoms with van der Waals surface area (Å²) in [4.78, 5) is 16.9. The van der Waals surface area contributed by atoms with E-state index in [2.05, 4.69) is 4.98 Å². The predicted octanol–water partition coefficient (Wildman–Crippen LogP) is 3.49. The first-order chi connectivity index (χ1) is 9.85. The third-order valence-corrected chi connectivity index (χ3v) is 3.55. The van der Waals surface area contributed by atoms with Crippen LogP contribution in [0.3, 0.4) is 0 Å². The standard InChI is InChI=1S/C16H26N2O3/c1-12(14-6-5-9-17-14)20-13-7-10-18(11-8-13)15(19)21-16(2,3)4/h5-6,9,12-13,17H,7-8,10-11H2,1-4H3. The SMILES string of the molecule is CC(OC1CCN(C(=O)OC(C)(C)C)CC1)c1ccc[nH]1. The molecule has 1 aliphatic heterocycles. The summed E-state index contributed by atoms with van der Waals surface area (Å²) < 4.78 is 11.4. The molecule has 1 aromatic rings. The molecule has 1 fully saturated rings. The fourth-order valence-corrected chi connectivity index (χ4v) is 2.46. The van der Waals surface area contributed by atoms with Crippen LogP contribution in [0.25, 0.3) is 0 Å². The average Bonchev–Trinajstić information content (AvgIpc) is 2.91. The minimum Gasteiger partial charge on any atom is -0.444 e. The van der Waals surface area contributed by atoms with Gasteiger partial charge in [0.1, 0.15) is 5.60 Å². The van der Waals surface area contributed by atoms with Gasteiger partial charge >= 0.3 is 6.09 Å². The molecule has 2 heterocycles. The molecule has 0 aliphatic carbocycles. The maximum atomic E-state index is 12.0. The van der Waals surface area contributed by atoms with Gasteiger partial charge in [-0.3, -0.25) is 0 Å². The molecular weight excluding hydrogens is 268 g/mol. The number of aromatic amines is 1. The number of H-pyrrole nitrogens is 1. The maximum Gasteiger partial charge on any atom is 0.410 e. The second-order valence-electron chi connectivity index (χ2n) is 6.57. The summed E-state index contributed by atoms with van der Waals surface area (Å²) >= 11 is 0. The summed E-state index contributed by atoms with van der Waals surface area (Å²) in [6.45, 7) is 9.09. The molecule has 0 saturated carbocycles. The van der Waals surface area contributed by atoms with E-state index in [9.17, 15) is 4.79 Å². The maximum absolute atomic E-state index is 12.0. The lowest BCUT2D eigenvalue weighted by Crippen LogP contribution is -2.43. The molecule has 0 radical (unpaired) electrons. The van der Waals surface area contributed by atoms with E-state index in [1.165, 1.54) is 0 Å². The molecule has 0 bridgehead atoms. The van der Waals surface area contributed by atoms with Crippen LogP contribution >= 0.6 is 0 Å². The van der Waals surface area contributed by atoms with Gasteiger partial charge in [0.25, 0.3) is 0 Å². The molecule has 1 N–H and O–H groups in total. The number of ether oxygens (including phenoxy) is 2. The number of hydrogen-bond donors (Lipinski definition) is 1. The lowest BCUT2D eigenvalue weighted by atomic mass is 10.1. The van der Waals surface area contributed by atoms with Gasteiger partial charge in [-0.2, -0.15) is 0 Å². The molecule has 1 aromatic heterocycles. The van der Waals surface area contributed by atoms with Crippen LogP contribution in [0.15, 0.2) is 18.3 Å². The van der Waals surface area contributed by atoms with Crippen LogP contribution in [0.2, 0.25) is 0 Å². The van der Waals surface area contributed by atoms with Gasteiger partial charge < -0.3 is 19.4 Å². The van der Waals surface area contributed by atoms with E-state index in [4.69, 9.17) is 9.47 Å². The second kappa shape index (κ2) is 6.52. The summed E-state index contributed by atoms with van der Waals surface area (Å²) in [5.41, 5.74) is 0.650. The molecule has 1 unspecified atom stereocenters. The topological polar surface area (TPSA) is 54.6 Å². The van der Waals surface area contributed by atoms with Crippen molar-refractivity contribution >= 4 is 6.09 Å². The Kier molecular flexibility index (Phi) is 4.93. The van der Waals surface area contributed by atoms with Crippen LogP contribution in [0.5, 0.6) is 0 Å². The Morgan fingerprint density at radius 3 is 2.57 bits per heavy atom. The first-order valence-corrected chi connectivity index (χ1v) is 7.62.